The minimum Gasteiger partial charge on any atom is -0.308 e. The molecule has 0 aliphatic carbocycles. The molecule has 1 aromatic rings. The van der Waals surface area contributed by atoms with Crippen molar-refractivity contribution < 1.29 is 4.79 Å². The highest BCUT2D eigenvalue weighted by Gasteiger charge is 2.43. The van der Waals surface area contributed by atoms with E-state index >= 15 is 0 Å². The van der Waals surface area contributed by atoms with E-state index < -0.39 is 0 Å². The number of hydrogen-bond donors (Lipinski definition) is 0. The van der Waals surface area contributed by atoms with Crippen LogP contribution in [-0.2, 0) is 4.79 Å². The average Bonchev–Trinajstić information content (AvgIpc) is 2.94. The minimum absolute atomic E-state index is 0.348. The van der Waals surface area contributed by atoms with Crippen LogP contribution in [0.1, 0.15) is 81.8 Å². The molecule has 3 nitrogen and oxygen atoms in total. The number of piperidine rings is 1. The lowest BCUT2D eigenvalue weighted by Gasteiger charge is -2.36. The Bertz CT molecular complexity index is 612. The van der Waals surface area contributed by atoms with Crippen molar-refractivity contribution in [2.75, 3.05) is 25.0 Å². The van der Waals surface area contributed by atoms with Gasteiger partial charge in [-0.1, -0.05) is 63.1 Å². The third kappa shape index (κ3) is 4.31. The van der Waals surface area contributed by atoms with Crippen LogP contribution in [0, 0.1) is 6.92 Å². The van der Waals surface area contributed by atoms with E-state index in [1.54, 1.807) is 0 Å². The first-order valence-corrected chi connectivity index (χ1v) is 10.7. The summed E-state index contributed by atoms with van der Waals surface area (Å²) in [5.74, 6) is 0.836. The van der Waals surface area contributed by atoms with Crippen molar-refractivity contribution in [1.82, 2.24) is 4.90 Å². The monoisotopic (exact) mass is 356 g/mol. The van der Waals surface area contributed by atoms with Gasteiger partial charge in [0.15, 0.2) is 0 Å². The van der Waals surface area contributed by atoms with Gasteiger partial charge in [-0.2, -0.15) is 0 Å². The number of carbonyl (C=O) groups excluding carboxylic acids is 1. The van der Waals surface area contributed by atoms with Gasteiger partial charge in [-0.05, 0) is 45.0 Å². The largest absolute Gasteiger partial charge is 0.308 e. The molecule has 144 valence electrons. The summed E-state index contributed by atoms with van der Waals surface area (Å²) < 4.78 is 0. The Morgan fingerprint density at radius 1 is 1.12 bits per heavy atom. The molecule has 0 aromatic heterocycles. The van der Waals surface area contributed by atoms with Crippen molar-refractivity contribution in [1.29, 1.82) is 0 Å². The smallest absolute Gasteiger partial charge is 0.227 e. The van der Waals surface area contributed by atoms with E-state index in [4.69, 9.17) is 0 Å². The normalized spacial score (nSPS) is 22.3. The molecule has 0 saturated carbocycles. The highest BCUT2D eigenvalue weighted by atomic mass is 16.2. The Morgan fingerprint density at radius 3 is 2.62 bits per heavy atom. The van der Waals surface area contributed by atoms with Crippen molar-refractivity contribution in [2.24, 2.45) is 0 Å². The highest BCUT2D eigenvalue weighted by Crippen LogP contribution is 2.45. The summed E-state index contributed by atoms with van der Waals surface area (Å²) in [5, 5.41) is 0. The third-order valence-corrected chi connectivity index (χ3v) is 6.22. The molecule has 0 spiro atoms. The van der Waals surface area contributed by atoms with Gasteiger partial charge in [0, 0.05) is 30.6 Å². The number of rotatable bonds is 8. The molecule has 26 heavy (non-hydrogen) atoms. The summed E-state index contributed by atoms with van der Waals surface area (Å²) in [6, 6.07) is 7.03. The van der Waals surface area contributed by atoms with Crippen molar-refractivity contribution in [3.8, 4) is 0 Å². The number of aryl methyl sites for hydroxylation is 1. The van der Waals surface area contributed by atoms with Gasteiger partial charge in [0.2, 0.25) is 5.91 Å². The van der Waals surface area contributed by atoms with Crippen molar-refractivity contribution in [3.63, 3.8) is 0 Å². The number of likely N-dealkylation sites (N-methyl/N-ethyl adjacent to an activating group) is 1. The molecule has 0 bridgehead atoms. The Morgan fingerprint density at radius 2 is 1.85 bits per heavy atom. The van der Waals surface area contributed by atoms with Crippen molar-refractivity contribution in [2.45, 2.75) is 83.6 Å². The first kappa shape index (κ1) is 19.4. The number of likely N-dealkylation sites (tertiary alicyclic amines) is 1. The molecule has 0 radical (unpaired) electrons. The molecule has 2 atom stereocenters. The average molecular weight is 357 g/mol. The van der Waals surface area contributed by atoms with Gasteiger partial charge in [0.05, 0.1) is 0 Å². The molecule has 3 heteroatoms. The van der Waals surface area contributed by atoms with E-state index in [-0.39, 0.29) is 0 Å². The van der Waals surface area contributed by atoms with E-state index in [0.717, 1.165) is 25.9 Å². The van der Waals surface area contributed by atoms with Crippen LogP contribution in [0.5, 0.6) is 0 Å². The number of anilines is 1. The van der Waals surface area contributed by atoms with Gasteiger partial charge in [-0.25, -0.2) is 0 Å². The number of unbranched alkanes of at least 4 members (excludes halogenated alkanes) is 6. The molecule has 1 saturated heterocycles. The number of amides is 1. The number of fused-ring (bicyclic) bond motifs is 3. The molecular weight excluding hydrogens is 320 g/mol. The molecule has 2 unspecified atom stereocenters. The van der Waals surface area contributed by atoms with E-state index in [2.05, 4.69) is 48.9 Å². The zero-order chi connectivity index (χ0) is 18.5. The van der Waals surface area contributed by atoms with Crippen LogP contribution >= 0.6 is 0 Å². The number of carbonyl (C=O) groups is 1. The molecule has 2 heterocycles. The molecule has 1 fully saturated rings. The summed E-state index contributed by atoms with van der Waals surface area (Å²) in [4.78, 5) is 17.7. The van der Waals surface area contributed by atoms with Gasteiger partial charge in [0.1, 0.15) is 0 Å². The van der Waals surface area contributed by atoms with E-state index in [1.165, 1.54) is 55.3 Å². The second kappa shape index (κ2) is 9.03. The van der Waals surface area contributed by atoms with Crippen LogP contribution in [-0.4, -0.2) is 37.0 Å². The van der Waals surface area contributed by atoms with E-state index in [9.17, 15) is 4.79 Å². The van der Waals surface area contributed by atoms with Gasteiger partial charge in [-0.15, -0.1) is 0 Å². The number of nitrogens with zero attached hydrogens (tertiary/aromatic N) is 2. The SMILES string of the molecule is CCCCCCCCCC(=O)N1c2ccc(C)cc2C2CN(C)CCC21. The fourth-order valence-corrected chi connectivity index (χ4v) is 4.76. The Kier molecular flexibility index (Phi) is 6.74. The molecule has 1 amide bonds. The van der Waals surface area contributed by atoms with Crippen molar-refractivity contribution in [3.05, 3.63) is 29.3 Å². The zero-order valence-electron chi connectivity index (χ0n) is 17.0. The van der Waals surface area contributed by atoms with Crippen molar-refractivity contribution >= 4 is 11.6 Å². The number of hydrogen-bond acceptors (Lipinski definition) is 2. The van der Waals surface area contributed by atoms with Crippen LogP contribution in [0.3, 0.4) is 0 Å². The zero-order valence-corrected chi connectivity index (χ0v) is 17.0. The van der Waals surface area contributed by atoms with Crippen LogP contribution < -0.4 is 4.90 Å². The fraction of sp³-hybridized carbons (Fsp3) is 0.696. The maximum Gasteiger partial charge on any atom is 0.227 e. The Labute approximate surface area is 159 Å². The second-order valence-corrected chi connectivity index (χ2v) is 8.42. The topological polar surface area (TPSA) is 23.6 Å². The molecular formula is C23H36N2O. The van der Waals surface area contributed by atoms with Crippen LogP contribution in [0.4, 0.5) is 5.69 Å². The summed E-state index contributed by atoms with van der Waals surface area (Å²) in [5.41, 5.74) is 3.89. The predicted octanol–water partition coefficient (Wildman–Crippen LogP) is 5.27. The lowest BCUT2D eigenvalue weighted by atomic mass is 9.89. The molecule has 2 aliphatic rings. The molecule has 3 rings (SSSR count). The second-order valence-electron chi connectivity index (χ2n) is 8.42. The van der Waals surface area contributed by atoms with Crippen LogP contribution in [0.25, 0.3) is 0 Å². The predicted molar refractivity (Wildman–Crippen MR) is 110 cm³/mol. The van der Waals surface area contributed by atoms with Crippen LogP contribution in [0.2, 0.25) is 0 Å². The van der Waals surface area contributed by atoms with Gasteiger partial charge in [-0.3, -0.25) is 4.79 Å². The third-order valence-electron chi connectivity index (χ3n) is 6.22. The summed E-state index contributed by atoms with van der Waals surface area (Å²) in [7, 11) is 2.20. The fourth-order valence-electron chi connectivity index (χ4n) is 4.76. The number of benzene rings is 1. The van der Waals surface area contributed by atoms with Gasteiger partial charge >= 0.3 is 0 Å². The highest BCUT2D eigenvalue weighted by molar-refractivity contribution is 5.96. The molecule has 0 N–H and O–H groups in total. The van der Waals surface area contributed by atoms with Gasteiger partial charge < -0.3 is 9.80 Å². The van der Waals surface area contributed by atoms with E-state index in [0.29, 0.717) is 24.3 Å². The maximum atomic E-state index is 13.1. The lowest BCUT2D eigenvalue weighted by Crippen LogP contribution is -2.47. The minimum atomic E-state index is 0.348. The molecule has 2 aliphatic heterocycles. The summed E-state index contributed by atoms with van der Waals surface area (Å²) in [6.45, 7) is 6.58. The lowest BCUT2D eigenvalue weighted by molar-refractivity contribution is -0.119. The van der Waals surface area contributed by atoms with E-state index in [1.807, 2.05) is 0 Å². The standard InChI is InChI=1S/C23H36N2O/c1-4-5-6-7-8-9-10-11-23(26)25-21-13-12-18(2)16-19(21)20-17-24(3)15-14-22(20)25/h12-13,16,20,22H,4-11,14-15,17H2,1-3H3. The first-order valence-electron chi connectivity index (χ1n) is 10.7. The molecule has 1 aromatic carbocycles. The Hall–Kier alpha value is -1.35. The Balaban J connectivity index is 1.60. The summed E-state index contributed by atoms with van der Waals surface area (Å²) in [6.07, 6.45) is 10.6. The first-order chi connectivity index (χ1) is 12.6. The van der Waals surface area contributed by atoms with Crippen LogP contribution in [0.15, 0.2) is 18.2 Å². The summed E-state index contributed by atoms with van der Waals surface area (Å²) >= 11 is 0. The van der Waals surface area contributed by atoms with Gasteiger partial charge in [0.25, 0.3) is 0 Å². The quantitative estimate of drug-likeness (QED) is 0.592. The maximum absolute atomic E-state index is 13.1.